The van der Waals surface area contributed by atoms with Crippen LogP contribution in [0.5, 0.6) is 11.5 Å². The molecule has 4 aromatic heterocycles. The first-order chi connectivity index (χ1) is 22.0. The van der Waals surface area contributed by atoms with Gasteiger partial charge < -0.3 is 19.4 Å². The van der Waals surface area contributed by atoms with E-state index in [1.54, 1.807) is 24.7 Å². The second-order valence-electron chi connectivity index (χ2n) is 11.8. The topological polar surface area (TPSA) is 95.2 Å². The summed E-state index contributed by atoms with van der Waals surface area (Å²) >= 11 is 0. The summed E-state index contributed by atoms with van der Waals surface area (Å²) in [5, 5.41) is 9.65. The molecule has 1 aliphatic heterocycles. The van der Waals surface area contributed by atoms with Crippen LogP contribution in [0.15, 0.2) is 73.2 Å². The Bertz CT molecular complexity index is 1940. The maximum absolute atomic E-state index is 14.7. The lowest BCUT2D eigenvalue weighted by Gasteiger charge is -2.15. The van der Waals surface area contributed by atoms with Gasteiger partial charge in [-0.3, -0.25) is 20.0 Å². The first kappa shape index (κ1) is 28.9. The number of aromatic amines is 2. The van der Waals surface area contributed by atoms with E-state index in [0.717, 1.165) is 87.5 Å². The van der Waals surface area contributed by atoms with Crippen molar-refractivity contribution in [1.82, 2.24) is 34.9 Å². The molecule has 1 saturated heterocycles. The first-order valence-electron chi connectivity index (χ1n) is 15.4. The van der Waals surface area contributed by atoms with Crippen LogP contribution in [0.25, 0.3) is 55.6 Å². The molecule has 2 N–H and O–H groups in total. The average molecular weight is 606 g/mol. The summed E-state index contributed by atoms with van der Waals surface area (Å²) in [4.78, 5) is 17.1. The standard InChI is InChI=1S/C35H36FN7O2/c1-42(2)10-12-44-26-15-23(14-25(36)17-26)28-6-5-7-31-29(28)18-33(39-31)35-30-19-32(38-22-34(30)40-41-35)24-16-27(21-37-20-24)45-13-11-43-8-3-4-9-43/h5-7,14-22,39H,3-4,8-13H2,1-2H3,(H,40,41). The third kappa shape index (κ3) is 6.38. The Labute approximate surface area is 261 Å². The highest BCUT2D eigenvalue weighted by Crippen LogP contribution is 2.36. The number of benzene rings is 2. The predicted octanol–water partition coefficient (Wildman–Crippen LogP) is 6.39. The monoisotopic (exact) mass is 605 g/mol. The molecule has 10 heteroatoms. The fourth-order valence-electron chi connectivity index (χ4n) is 5.90. The molecule has 230 valence electrons. The molecule has 0 unspecified atom stereocenters. The number of aromatic nitrogens is 5. The Balaban J connectivity index is 1.17. The molecule has 0 amide bonds. The fourth-order valence-corrected chi connectivity index (χ4v) is 5.90. The molecule has 1 fully saturated rings. The van der Waals surface area contributed by atoms with Crippen molar-refractivity contribution >= 4 is 21.8 Å². The molecular weight excluding hydrogens is 569 g/mol. The van der Waals surface area contributed by atoms with Crippen LogP contribution in [0, 0.1) is 5.82 Å². The number of nitrogens with one attached hydrogen (secondary N) is 2. The predicted molar refractivity (Wildman–Crippen MR) is 175 cm³/mol. The van der Waals surface area contributed by atoms with Gasteiger partial charge in [-0.05, 0) is 87.6 Å². The zero-order valence-corrected chi connectivity index (χ0v) is 25.5. The van der Waals surface area contributed by atoms with Gasteiger partial charge in [-0.25, -0.2) is 4.39 Å². The molecule has 0 spiro atoms. The minimum absolute atomic E-state index is 0.339. The van der Waals surface area contributed by atoms with Gasteiger partial charge in [-0.2, -0.15) is 5.10 Å². The van der Waals surface area contributed by atoms with Gasteiger partial charge in [-0.1, -0.05) is 12.1 Å². The lowest BCUT2D eigenvalue weighted by Crippen LogP contribution is -2.25. The third-order valence-corrected chi connectivity index (χ3v) is 8.24. The van der Waals surface area contributed by atoms with E-state index in [0.29, 0.717) is 19.0 Å². The van der Waals surface area contributed by atoms with Gasteiger partial charge in [0.25, 0.3) is 0 Å². The average Bonchev–Trinajstić information content (AvgIpc) is 3.80. The molecule has 5 heterocycles. The zero-order chi connectivity index (χ0) is 30.8. The van der Waals surface area contributed by atoms with E-state index < -0.39 is 0 Å². The molecule has 1 aliphatic rings. The molecule has 45 heavy (non-hydrogen) atoms. The van der Waals surface area contributed by atoms with E-state index in [1.807, 2.05) is 55.4 Å². The molecule has 2 aromatic carbocycles. The molecule has 0 atom stereocenters. The maximum Gasteiger partial charge on any atom is 0.138 e. The second kappa shape index (κ2) is 12.7. The summed E-state index contributed by atoms with van der Waals surface area (Å²) < 4.78 is 26.6. The van der Waals surface area contributed by atoms with Crippen molar-refractivity contribution in [1.29, 1.82) is 0 Å². The Morgan fingerprint density at radius 3 is 2.58 bits per heavy atom. The van der Waals surface area contributed by atoms with E-state index in [9.17, 15) is 4.39 Å². The van der Waals surface area contributed by atoms with E-state index >= 15 is 0 Å². The van der Waals surface area contributed by atoms with Crippen LogP contribution < -0.4 is 9.47 Å². The van der Waals surface area contributed by atoms with E-state index in [4.69, 9.17) is 9.47 Å². The molecular formula is C35H36FN7O2. The molecule has 0 bridgehead atoms. The van der Waals surface area contributed by atoms with Crippen LogP contribution in [0.3, 0.4) is 0 Å². The van der Waals surface area contributed by atoms with Gasteiger partial charge in [0, 0.05) is 47.2 Å². The van der Waals surface area contributed by atoms with Crippen molar-refractivity contribution in [2.24, 2.45) is 0 Å². The largest absolute Gasteiger partial charge is 0.492 e. The molecule has 0 saturated carbocycles. The quantitative estimate of drug-likeness (QED) is 0.177. The lowest BCUT2D eigenvalue weighted by molar-refractivity contribution is 0.237. The van der Waals surface area contributed by atoms with E-state index in [-0.39, 0.29) is 5.82 Å². The number of likely N-dealkylation sites (N-methyl/N-ethyl adjacent to an activating group) is 1. The van der Waals surface area contributed by atoms with Crippen LogP contribution >= 0.6 is 0 Å². The molecule has 7 rings (SSSR count). The van der Waals surface area contributed by atoms with Crippen molar-refractivity contribution < 1.29 is 13.9 Å². The summed E-state index contributed by atoms with van der Waals surface area (Å²) in [6, 6.07) is 16.9. The Morgan fingerprint density at radius 2 is 1.71 bits per heavy atom. The number of hydrogen-bond donors (Lipinski definition) is 2. The van der Waals surface area contributed by atoms with Gasteiger partial charge in [0.2, 0.25) is 0 Å². The van der Waals surface area contributed by atoms with Gasteiger partial charge >= 0.3 is 0 Å². The molecule has 0 radical (unpaired) electrons. The molecule has 9 nitrogen and oxygen atoms in total. The number of hydrogen-bond acceptors (Lipinski definition) is 7. The number of nitrogens with zero attached hydrogens (tertiary/aromatic N) is 5. The van der Waals surface area contributed by atoms with Crippen molar-refractivity contribution in [2.45, 2.75) is 12.8 Å². The summed E-state index contributed by atoms with van der Waals surface area (Å²) in [5.74, 6) is 0.898. The van der Waals surface area contributed by atoms with Crippen molar-refractivity contribution in [2.75, 3.05) is 53.5 Å². The third-order valence-electron chi connectivity index (χ3n) is 8.24. The Morgan fingerprint density at radius 1 is 0.867 bits per heavy atom. The lowest BCUT2D eigenvalue weighted by atomic mass is 10.0. The smallest absolute Gasteiger partial charge is 0.138 e. The van der Waals surface area contributed by atoms with Crippen LogP contribution in [-0.2, 0) is 0 Å². The normalized spacial score (nSPS) is 13.8. The fraction of sp³-hybridized carbons (Fsp3) is 0.286. The SMILES string of the molecule is CN(C)CCOc1cc(F)cc(-c2cccc3[nH]c(-c4n[nH]c5cnc(-c6cncc(OCCN7CCCC7)c6)cc45)cc23)c1. The Kier molecular flexibility index (Phi) is 8.15. The van der Waals surface area contributed by atoms with Gasteiger partial charge in [0.15, 0.2) is 0 Å². The van der Waals surface area contributed by atoms with Gasteiger partial charge in [-0.15, -0.1) is 0 Å². The number of likely N-dealkylation sites (tertiary alicyclic amines) is 1. The van der Waals surface area contributed by atoms with Crippen LogP contribution in [0.2, 0.25) is 0 Å². The Hall–Kier alpha value is -4.80. The number of pyridine rings is 2. The van der Waals surface area contributed by atoms with Crippen LogP contribution in [-0.4, -0.2) is 88.4 Å². The highest BCUT2D eigenvalue weighted by Gasteiger charge is 2.16. The highest BCUT2D eigenvalue weighted by molar-refractivity contribution is 6.01. The summed E-state index contributed by atoms with van der Waals surface area (Å²) in [5.41, 5.74) is 6.67. The summed E-state index contributed by atoms with van der Waals surface area (Å²) in [7, 11) is 3.96. The summed E-state index contributed by atoms with van der Waals surface area (Å²) in [6.45, 7) is 5.06. The zero-order valence-electron chi connectivity index (χ0n) is 25.5. The summed E-state index contributed by atoms with van der Waals surface area (Å²) in [6.07, 6.45) is 7.87. The number of fused-ring (bicyclic) bond motifs is 2. The second-order valence-corrected chi connectivity index (χ2v) is 11.8. The van der Waals surface area contributed by atoms with Crippen molar-refractivity contribution in [3.8, 4) is 45.3 Å². The molecule has 0 aliphatic carbocycles. The van der Waals surface area contributed by atoms with Crippen LogP contribution in [0.4, 0.5) is 4.39 Å². The molecule has 6 aromatic rings. The highest BCUT2D eigenvalue weighted by atomic mass is 19.1. The number of H-pyrrole nitrogens is 2. The number of ether oxygens (including phenoxy) is 2. The van der Waals surface area contributed by atoms with Crippen molar-refractivity contribution in [3.63, 3.8) is 0 Å². The van der Waals surface area contributed by atoms with Gasteiger partial charge in [0.05, 0.1) is 29.3 Å². The minimum atomic E-state index is -0.339. The number of halogens is 1. The minimum Gasteiger partial charge on any atom is -0.492 e. The maximum atomic E-state index is 14.7. The van der Waals surface area contributed by atoms with E-state index in [1.165, 1.54) is 18.9 Å². The van der Waals surface area contributed by atoms with Crippen LogP contribution in [0.1, 0.15) is 12.8 Å². The van der Waals surface area contributed by atoms with E-state index in [2.05, 4.69) is 36.1 Å². The van der Waals surface area contributed by atoms with Crippen molar-refractivity contribution in [3.05, 3.63) is 79.0 Å². The first-order valence-corrected chi connectivity index (χ1v) is 15.4. The number of rotatable bonds is 11. The van der Waals surface area contributed by atoms with Gasteiger partial charge in [0.1, 0.15) is 36.2 Å².